The highest BCUT2D eigenvalue weighted by Crippen LogP contribution is 2.33. The number of fused-ring (bicyclic) bond motifs is 1. The fourth-order valence-corrected chi connectivity index (χ4v) is 1.48. The van der Waals surface area contributed by atoms with Crippen molar-refractivity contribution in [2.24, 2.45) is 4.99 Å². The Bertz CT molecular complexity index is 391. The Hall–Kier alpha value is -1.57. The Labute approximate surface area is 92.0 Å². The van der Waals surface area contributed by atoms with E-state index in [4.69, 9.17) is 0 Å². The molecule has 1 aliphatic heterocycles. The molecule has 80 valence electrons. The molecule has 0 N–H and O–H groups in total. The van der Waals surface area contributed by atoms with Crippen LogP contribution in [0.1, 0.15) is 20.8 Å². The Morgan fingerprint density at radius 1 is 1.20 bits per heavy atom. The van der Waals surface area contributed by atoms with Crippen LogP contribution in [0, 0.1) is 0 Å². The molecular weight excluding hydrogens is 184 g/mol. The minimum Gasteiger partial charge on any atom is -0.342 e. The van der Waals surface area contributed by atoms with Crippen LogP contribution in [0.3, 0.4) is 0 Å². The summed E-state index contributed by atoms with van der Waals surface area (Å²) in [4.78, 5) is 6.52. The molecule has 1 heterocycles. The van der Waals surface area contributed by atoms with Crippen LogP contribution < -0.4 is 4.90 Å². The second kappa shape index (κ2) is 4.78. The van der Waals surface area contributed by atoms with Crippen LogP contribution in [0.15, 0.2) is 41.5 Å². The van der Waals surface area contributed by atoms with Gasteiger partial charge in [-0.05, 0) is 19.1 Å². The average Bonchev–Trinajstić information content (AvgIpc) is 2.29. The third-order valence-corrected chi connectivity index (χ3v) is 2.35. The number of nitrogens with zero attached hydrogens (tertiary/aromatic N) is 2. The van der Waals surface area contributed by atoms with Crippen molar-refractivity contribution in [3.63, 3.8) is 0 Å². The van der Waals surface area contributed by atoms with Crippen molar-refractivity contribution < 1.29 is 0 Å². The van der Waals surface area contributed by atoms with Crippen molar-refractivity contribution in [2.45, 2.75) is 20.8 Å². The molecule has 1 aromatic rings. The van der Waals surface area contributed by atoms with Gasteiger partial charge in [0.2, 0.25) is 0 Å². The minimum atomic E-state index is 0.971. The summed E-state index contributed by atoms with van der Waals surface area (Å²) in [6.07, 6.45) is 0. The largest absolute Gasteiger partial charge is 0.342 e. The maximum atomic E-state index is 4.45. The van der Waals surface area contributed by atoms with Crippen molar-refractivity contribution in [1.29, 1.82) is 0 Å². The molecular formula is C13H18N2. The van der Waals surface area contributed by atoms with E-state index in [0.717, 1.165) is 22.8 Å². The third kappa shape index (κ3) is 2.09. The van der Waals surface area contributed by atoms with Gasteiger partial charge in [0.15, 0.2) is 0 Å². The summed E-state index contributed by atoms with van der Waals surface area (Å²) in [5, 5.41) is 0. The van der Waals surface area contributed by atoms with Gasteiger partial charge in [-0.25, -0.2) is 4.99 Å². The molecule has 2 nitrogen and oxygen atoms in total. The van der Waals surface area contributed by atoms with Crippen LogP contribution in [-0.2, 0) is 0 Å². The maximum Gasteiger partial charge on any atom is 0.0870 e. The zero-order valence-electron chi connectivity index (χ0n) is 9.91. The molecule has 2 rings (SSSR count). The van der Waals surface area contributed by atoms with E-state index in [1.54, 1.807) is 0 Å². The van der Waals surface area contributed by atoms with Crippen LogP contribution in [0.2, 0.25) is 0 Å². The second-order valence-corrected chi connectivity index (χ2v) is 3.19. The smallest absolute Gasteiger partial charge is 0.0870 e. The highest BCUT2D eigenvalue weighted by molar-refractivity contribution is 6.05. The van der Waals surface area contributed by atoms with E-state index < -0.39 is 0 Å². The summed E-state index contributed by atoms with van der Waals surface area (Å²) >= 11 is 0. The molecule has 0 unspecified atom stereocenters. The molecule has 2 heteroatoms. The van der Waals surface area contributed by atoms with Gasteiger partial charge >= 0.3 is 0 Å². The molecule has 0 radical (unpaired) electrons. The quantitative estimate of drug-likeness (QED) is 0.625. The number of rotatable bonds is 0. The molecule has 1 aliphatic rings. The number of benzene rings is 1. The van der Waals surface area contributed by atoms with E-state index in [1.807, 2.05) is 46.0 Å². The Kier molecular flexibility index (Phi) is 3.67. The molecule has 0 amide bonds. The van der Waals surface area contributed by atoms with Gasteiger partial charge < -0.3 is 4.90 Å². The number of anilines is 1. The van der Waals surface area contributed by atoms with Crippen LogP contribution in [0.4, 0.5) is 11.4 Å². The first kappa shape index (κ1) is 11.5. The highest BCUT2D eigenvalue weighted by Gasteiger charge is 2.16. The second-order valence-electron chi connectivity index (χ2n) is 3.19. The summed E-state index contributed by atoms with van der Waals surface area (Å²) < 4.78 is 0. The SMILES string of the molecule is C=C1C(C)=Nc2ccccc2N1C.CC. The Morgan fingerprint density at radius 2 is 1.80 bits per heavy atom. The summed E-state index contributed by atoms with van der Waals surface area (Å²) in [6.45, 7) is 9.95. The number of allylic oxidation sites excluding steroid dienone is 1. The molecule has 0 spiro atoms. The van der Waals surface area contributed by atoms with Crippen molar-refractivity contribution in [3.05, 3.63) is 36.5 Å². The lowest BCUT2D eigenvalue weighted by Gasteiger charge is -2.27. The normalized spacial score (nSPS) is 13.7. The lowest BCUT2D eigenvalue weighted by atomic mass is 10.1. The van der Waals surface area contributed by atoms with E-state index in [2.05, 4.69) is 22.5 Å². The van der Waals surface area contributed by atoms with Gasteiger partial charge in [0.1, 0.15) is 0 Å². The maximum absolute atomic E-state index is 4.45. The highest BCUT2D eigenvalue weighted by atomic mass is 15.2. The van der Waals surface area contributed by atoms with Crippen LogP contribution >= 0.6 is 0 Å². The van der Waals surface area contributed by atoms with E-state index in [1.165, 1.54) is 0 Å². The number of aliphatic imine (C=N–C) groups is 1. The van der Waals surface area contributed by atoms with Crippen LogP contribution in [0.5, 0.6) is 0 Å². The molecule has 0 aromatic heterocycles. The minimum absolute atomic E-state index is 0.971. The molecule has 0 saturated carbocycles. The van der Waals surface area contributed by atoms with Gasteiger partial charge in [-0.2, -0.15) is 0 Å². The molecule has 0 saturated heterocycles. The monoisotopic (exact) mass is 202 g/mol. The van der Waals surface area contributed by atoms with Gasteiger partial charge in [0.25, 0.3) is 0 Å². The van der Waals surface area contributed by atoms with Crippen molar-refractivity contribution in [2.75, 3.05) is 11.9 Å². The Balaban J connectivity index is 0.000000531. The van der Waals surface area contributed by atoms with E-state index >= 15 is 0 Å². The first-order chi connectivity index (χ1) is 7.20. The first-order valence-corrected chi connectivity index (χ1v) is 5.27. The predicted octanol–water partition coefficient (Wildman–Crippen LogP) is 3.77. The van der Waals surface area contributed by atoms with Crippen LogP contribution in [-0.4, -0.2) is 12.8 Å². The van der Waals surface area contributed by atoms with Crippen LogP contribution in [0.25, 0.3) is 0 Å². The summed E-state index contributed by atoms with van der Waals surface area (Å²) in [5.74, 6) is 0. The number of hydrogen-bond acceptors (Lipinski definition) is 2. The zero-order valence-corrected chi connectivity index (χ0v) is 9.91. The first-order valence-electron chi connectivity index (χ1n) is 5.27. The standard InChI is InChI=1S/C11H12N2.C2H6/c1-8-9(2)13(3)11-7-5-4-6-10(11)12-8;1-2/h4-7H,2H2,1,3H3;1-2H3. The molecule has 15 heavy (non-hydrogen) atoms. The summed E-state index contributed by atoms with van der Waals surface area (Å²) in [5.41, 5.74) is 4.10. The van der Waals surface area contributed by atoms with Crippen molar-refractivity contribution >= 4 is 17.1 Å². The fraction of sp³-hybridized carbons (Fsp3) is 0.308. The number of hydrogen-bond donors (Lipinski definition) is 0. The molecule has 0 atom stereocenters. The molecule has 0 fully saturated rings. The molecule has 1 aromatic carbocycles. The molecule has 0 aliphatic carbocycles. The predicted molar refractivity (Wildman–Crippen MR) is 68.1 cm³/mol. The van der Waals surface area contributed by atoms with Crippen molar-refractivity contribution in [1.82, 2.24) is 0 Å². The lowest BCUT2D eigenvalue weighted by Crippen LogP contribution is -2.23. The van der Waals surface area contributed by atoms with Gasteiger partial charge in [0.05, 0.1) is 22.8 Å². The average molecular weight is 202 g/mol. The fourth-order valence-electron chi connectivity index (χ4n) is 1.48. The molecule has 0 bridgehead atoms. The van der Waals surface area contributed by atoms with Crippen molar-refractivity contribution in [3.8, 4) is 0 Å². The van der Waals surface area contributed by atoms with E-state index in [-0.39, 0.29) is 0 Å². The summed E-state index contributed by atoms with van der Waals surface area (Å²) in [7, 11) is 2.01. The summed E-state index contributed by atoms with van der Waals surface area (Å²) in [6, 6.07) is 8.08. The topological polar surface area (TPSA) is 15.6 Å². The van der Waals surface area contributed by atoms with Gasteiger partial charge in [-0.3, -0.25) is 0 Å². The van der Waals surface area contributed by atoms with Gasteiger partial charge in [-0.15, -0.1) is 0 Å². The van der Waals surface area contributed by atoms with E-state index in [0.29, 0.717) is 0 Å². The Morgan fingerprint density at radius 3 is 2.47 bits per heavy atom. The van der Waals surface area contributed by atoms with Gasteiger partial charge in [-0.1, -0.05) is 32.6 Å². The number of para-hydroxylation sites is 2. The third-order valence-electron chi connectivity index (χ3n) is 2.35. The van der Waals surface area contributed by atoms with Gasteiger partial charge in [0, 0.05) is 7.05 Å². The zero-order chi connectivity index (χ0) is 11.4. The van der Waals surface area contributed by atoms with E-state index in [9.17, 15) is 0 Å². The lowest BCUT2D eigenvalue weighted by molar-refractivity contribution is 1.13.